The van der Waals surface area contributed by atoms with E-state index in [0.717, 1.165) is 36.4 Å². The summed E-state index contributed by atoms with van der Waals surface area (Å²) >= 11 is 6.22. The summed E-state index contributed by atoms with van der Waals surface area (Å²) in [5.41, 5.74) is 1.08. The number of amides is 1. The zero-order valence-electron chi connectivity index (χ0n) is 15.9. The molecule has 0 spiro atoms. The van der Waals surface area contributed by atoms with E-state index in [1.54, 1.807) is 12.1 Å². The fraction of sp³-hybridized carbons (Fsp3) is 0.409. The molecule has 150 valence electrons. The lowest BCUT2D eigenvalue weighted by Crippen LogP contribution is -2.37. The van der Waals surface area contributed by atoms with Crippen molar-refractivity contribution >= 4 is 17.5 Å². The summed E-state index contributed by atoms with van der Waals surface area (Å²) in [7, 11) is 0. The van der Waals surface area contributed by atoms with Crippen molar-refractivity contribution in [3.05, 3.63) is 64.9 Å². The molecule has 0 aromatic heterocycles. The third kappa shape index (κ3) is 5.94. The molecule has 1 N–H and O–H groups in total. The van der Waals surface area contributed by atoms with Gasteiger partial charge in [0.05, 0.1) is 0 Å². The van der Waals surface area contributed by atoms with Crippen LogP contribution in [0.15, 0.2) is 48.5 Å². The number of hydrogen-bond acceptors (Lipinski definition) is 3. The van der Waals surface area contributed by atoms with Gasteiger partial charge in [-0.05, 0) is 61.7 Å². The SMILES string of the molecule is O=C1CC[C@@H](CCNCCOc2ccc(F)cc2)N1CCc1ccccc1Cl. The Hall–Kier alpha value is -2.11. The molecule has 1 aliphatic heterocycles. The summed E-state index contributed by atoms with van der Waals surface area (Å²) in [6.07, 6.45) is 3.24. The molecule has 4 nitrogen and oxygen atoms in total. The Morgan fingerprint density at radius 2 is 1.93 bits per heavy atom. The monoisotopic (exact) mass is 404 g/mol. The Kier molecular flexibility index (Phi) is 7.69. The van der Waals surface area contributed by atoms with E-state index in [9.17, 15) is 9.18 Å². The standard InChI is InChI=1S/C22H26ClFN2O2/c23-21-4-2-1-3-17(21)12-15-26-19(7-10-22(26)27)11-13-25-14-16-28-20-8-5-18(24)6-9-20/h1-6,8-9,19,25H,7,10-16H2/t19-/m0/s1. The maximum Gasteiger partial charge on any atom is 0.222 e. The molecule has 1 amide bonds. The maximum absolute atomic E-state index is 12.9. The number of halogens is 2. The second-order valence-electron chi connectivity index (χ2n) is 6.96. The van der Waals surface area contributed by atoms with E-state index in [-0.39, 0.29) is 17.8 Å². The highest BCUT2D eigenvalue weighted by atomic mass is 35.5. The van der Waals surface area contributed by atoms with Crippen LogP contribution in [0.25, 0.3) is 0 Å². The van der Waals surface area contributed by atoms with E-state index in [1.165, 1.54) is 12.1 Å². The molecule has 2 aromatic rings. The molecule has 28 heavy (non-hydrogen) atoms. The minimum absolute atomic E-state index is 0.233. The van der Waals surface area contributed by atoms with Crippen LogP contribution < -0.4 is 10.1 Å². The number of likely N-dealkylation sites (tertiary alicyclic amines) is 1. The van der Waals surface area contributed by atoms with Crippen LogP contribution in [0.2, 0.25) is 5.02 Å². The van der Waals surface area contributed by atoms with Gasteiger partial charge in [0.15, 0.2) is 0 Å². The summed E-state index contributed by atoms with van der Waals surface area (Å²) in [6, 6.07) is 14.1. The highest BCUT2D eigenvalue weighted by molar-refractivity contribution is 6.31. The average molecular weight is 405 g/mol. The van der Waals surface area contributed by atoms with Gasteiger partial charge in [-0.15, -0.1) is 0 Å². The smallest absolute Gasteiger partial charge is 0.222 e. The molecule has 2 aromatic carbocycles. The van der Waals surface area contributed by atoms with Crippen molar-refractivity contribution in [2.75, 3.05) is 26.2 Å². The van der Waals surface area contributed by atoms with E-state index in [0.29, 0.717) is 31.9 Å². The zero-order chi connectivity index (χ0) is 19.8. The van der Waals surface area contributed by atoms with Gasteiger partial charge in [0.25, 0.3) is 0 Å². The fourth-order valence-electron chi connectivity index (χ4n) is 3.51. The first kappa shape index (κ1) is 20.6. The lowest BCUT2D eigenvalue weighted by atomic mass is 10.1. The molecule has 0 unspecified atom stereocenters. The van der Waals surface area contributed by atoms with Crippen molar-refractivity contribution in [3.8, 4) is 5.75 Å². The summed E-state index contributed by atoms with van der Waals surface area (Å²) in [5, 5.41) is 4.11. The highest BCUT2D eigenvalue weighted by Gasteiger charge is 2.29. The van der Waals surface area contributed by atoms with Gasteiger partial charge in [-0.1, -0.05) is 29.8 Å². The predicted octanol–water partition coefficient (Wildman–Crippen LogP) is 4.07. The Balaban J connectivity index is 1.35. The normalized spacial score (nSPS) is 16.6. The number of hydrogen-bond donors (Lipinski definition) is 1. The molecule has 6 heteroatoms. The maximum atomic E-state index is 12.9. The molecule has 1 saturated heterocycles. The van der Waals surface area contributed by atoms with Crippen molar-refractivity contribution in [2.45, 2.75) is 31.7 Å². The first-order valence-corrected chi connectivity index (χ1v) is 10.1. The van der Waals surface area contributed by atoms with E-state index < -0.39 is 0 Å². The van der Waals surface area contributed by atoms with Gasteiger partial charge in [0, 0.05) is 30.6 Å². The Labute approximate surface area is 170 Å². The lowest BCUT2D eigenvalue weighted by Gasteiger charge is -2.25. The predicted molar refractivity (Wildman–Crippen MR) is 109 cm³/mol. The van der Waals surface area contributed by atoms with Crippen LogP contribution in [0.5, 0.6) is 5.75 Å². The summed E-state index contributed by atoms with van der Waals surface area (Å²) in [6.45, 7) is 2.76. The Bertz CT molecular complexity index is 769. The molecule has 3 rings (SSSR count). The molecule has 1 fully saturated rings. The molecular formula is C22H26ClFN2O2. The van der Waals surface area contributed by atoms with Gasteiger partial charge in [-0.25, -0.2) is 4.39 Å². The van der Waals surface area contributed by atoms with Crippen LogP contribution in [0.3, 0.4) is 0 Å². The van der Waals surface area contributed by atoms with Crippen LogP contribution in [0.4, 0.5) is 4.39 Å². The number of nitrogens with one attached hydrogen (secondary N) is 1. The van der Waals surface area contributed by atoms with Crippen LogP contribution in [-0.2, 0) is 11.2 Å². The number of ether oxygens (including phenoxy) is 1. The van der Waals surface area contributed by atoms with Crippen molar-refractivity contribution < 1.29 is 13.9 Å². The van der Waals surface area contributed by atoms with Crippen molar-refractivity contribution in [1.82, 2.24) is 10.2 Å². The molecule has 0 bridgehead atoms. The summed E-state index contributed by atoms with van der Waals surface area (Å²) < 4.78 is 18.4. The van der Waals surface area contributed by atoms with Crippen molar-refractivity contribution in [2.24, 2.45) is 0 Å². The van der Waals surface area contributed by atoms with Crippen LogP contribution in [0, 0.1) is 5.82 Å². The fourth-order valence-corrected chi connectivity index (χ4v) is 3.74. The number of benzene rings is 2. The first-order chi connectivity index (χ1) is 13.6. The van der Waals surface area contributed by atoms with E-state index in [1.807, 2.05) is 29.2 Å². The number of carbonyl (C=O) groups excluding carboxylic acids is 1. The van der Waals surface area contributed by atoms with Crippen LogP contribution >= 0.6 is 11.6 Å². The van der Waals surface area contributed by atoms with Gasteiger partial charge in [0.1, 0.15) is 18.2 Å². The molecule has 1 heterocycles. The third-order valence-corrected chi connectivity index (χ3v) is 5.42. The van der Waals surface area contributed by atoms with Crippen LogP contribution in [0.1, 0.15) is 24.8 Å². The van der Waals surface area contributed by atoms with E-state index >= 15 is 0 Å². The zero-order valence-corrected chi connectivity index (χ0v) is 16.6. The highest BCUT2D eigenvalue weighted by Crippen LogP contribution is 2.23. The third-order valence-electron chi connectivity index (χ3n) is 5.05. The molecule has 1 aliphatic rings. The molecule has 0 aliphatic carbocycles. The second-order valence-corrected chi connectivity index (χ2v) is 7.37. The van der Waals surface area contributed by atoms with Gasteiger partial charge < -0.3 is 15.0 Å². The number of rotatable bonds is 10. The largest absolute Gasteiger partial charge is 0.492 e. The average Bonchev–Trinajstić information content (AvgIpc) is 3.05. The Morgan fingerprint density at radius 3 is 2.71 bits per heavy atom. The second kappa shape index (κ2) is 10.4. The summed E-state index contributed by atoms with van der Waals surface area (Å²) in [5.74, 6) is 0.628. The van der Waals surface area contributed by atoms with Crippen molar-refractivity contribution in [1.29, 1.82) is 0 Å². The molecule has 0 saturated carbocycles. The van der Waals surface area contributed by atoms with Crippen molar-refractivity contribution in [3.63, 3.8) is 0 Å². The van der Waals surface area contributed by atoms with Gasteiger partial charge in [-0.2, -0.15) is 0 Å². The lowest BCUT2D eigenvalue weighted by molar-refractivity contribution is -0.129. The first-order valence-electron chi connectivity index (χ1n) is 9.75. The Morgan fingerprint density at radius 1 is 1.14 bits per heavy atom. The van der Waals surface area contributed by atoms with Gasteiger partial charge >= 0.3 is 0 Å². The van der Waals surface area contributed by atoms with Crippen LogP contribution in [-0.4, -0.2) is 43.1 Å². The minimum atomic E-state index is -0.268. The molecule has 1 atom stereocenters. The molecule has 0 radical (unpaired) electrons. The topological polar surface area (TPSA) is 41.6 Å². The van der Waals surface area contributed by atoms with Gasteiger partial charge in [-0.3, -0.25) is 4.79 Å². The quantitative estimate of drug-likeness (QED) is 0.607. The number of carbonyl (C=O) groups is 1. The minimum Gasteiger partial charge on any atom is -0.492 e. The number of nitrogens with zero attached hydrogens (tertiary/aromatic N) is 1. The van der Waals surface area contributed by atoms with Gasteiger partial charge in [0.2, 0.25) is 5.91 Å². The molecular weight excluding hydrogens is 379 g/mol. The van der Waals surface area contributed by atoms with E-state index in [4.69, 9.17) is 16.3 Å². The van der Waals surface area contributed by atoms with E-state index in [2.05, 4.69) is 5.32 Å². The summed E-state index contributed by atoms with van der Waals surface area (Å²) in [4.78, 5) is 14.2.